The Kier molecular flexibility index (Phi) is 6.71. The van der Waals surface area contributed by atoms with Crippen molar-refractivity contribution in [3.05, 3.63) is 78.2 Å². The van der Waals surface area contributed by atoms with Crippen LogP contribution in [-0.4, -0.2) is 37.2 Å². The van der Waals surface area contributed by atoms with Crippen LogP contribution < -0.4 is 5.32 Å². The van der Waals surface area contributed by atoms with Gasteiger partial charge in [0.05, 0.1) is 22.6 Å². The topological polar surface area (TPSA) is 95.8 Å². The van der Waals surface area contributed by atoms with Crippen molar-refractivity contribution in [3.8, 4) is 5.69 Å². The molecule has 0 aliphatic rings. The van der Waals surface area contributed by atoms with E-state index in [9.17, 15) is 13.2 Å². The first-order valence-corrected chi connectivity index (χ1v) is 9.32. The first-order chi connectivity index (χ1) is 14.8. The molecule has 2 aromatic carbocycles. The monoisotopic (exact) mass is 431 g/mol. The Bertz CT molecular complexity index is 1140. The fourth-order valence-electron chi connectivity index (χ4n) is 2.85. The number of hydrogen-bond acceptors (Lipinski definition) is 4. The third-order valence-electron chi connectivity index (χ3n) is 4.42. The number of H-pyrrole nitrogens is 1. The zero-order valence-electron chi connectivity index (χ0n) is 16.5. The maximum absolute atomic E-state index is 10.6. The number of nitrogens with one attached hydrogen (secondary N) is 2. The van der Waals surface area contributed by atoms with E-state index in [1.807, 2.05) is 65.5 Å². The second-order valence-electron chi connectivity index (χ2n) is 6.65. The van der Waals surface area contributed by atoms with Gasteiger partial charge in [0.1, 0.15) is 0 Å². The van der Waals surface area contributed by atoms with Gasteiger partial charge in [-0.3, -0.25) is 5.10 Å². The molecule has 0 saturated carbocycles. The van der Waals surface area contributed by atoms with Crippen LogP contribution in [0.15, 0.2) is 66.9 Å². The average molecular weight is 431 g/mol. The molecular weight excluding hydrogens is 411 g/mol. The molecule has 0 saturated heterocycles. The summed E-state index contributed by atoms with van der Waals surface area (Å²) in [6, 6.07) is 20.5. The molecule has 7 nitrogen and oxygen atoms in total. The highest BCUT2D eigenvalue weighted by molar-refractivity contribution is 5.81. The third kappa shape index (κ3) is 5.70. The third-order valence-corrected chi connectivity index (χ3v) is 4.42. The molecule has 0 radical (unpaired) electrons. The predicted octanol–water partition coefficient (Wildman–Crippen LogP) is 4.23. The first-order valence-electron chi connectivity index (χ1n) is 9.32. The summed E-state index contributed by atoms with van der Waals surface area (Å²) >= 11 is 0. The lowest BCUT2D eigenvalue weighted by Gasteiger charge is -2.11. The van der Waals surface area contributed by atoms with Crippen LogP contribution in [0.1, 0.15) is 24.4 Å². The fourth-order valence-corrected chi connectivity index (χ4v) is 2.85. The Hall–Kier alpha value is -3.66. The summed E-state index contributed by atoms with van der Waals surface area (Å²) in [6.07, 6.45) is -3.09. The predicted molar refractivity (Wildman–Crippen MR) is 109 cm³/mol. The van der Waals surface area contributed by atoms with Crippen molar-refractivity contribution in [2.45, 2.75) is 25.7 Å². The quantitative estimate of drug-likeness (QED) is 0.440. The standard InChI is InChI=1S/C19H19N5.C2HF3O2/c1-14(19-17-9-5-6-10-18(17)21-22-19)20-13-15-11-12-24(23-15)16-7-3-2-4-8-16;3-2(4,5)1(6)7/h2-12,14,20H,13H2,1H3,(H,21,22);(H,6,7). The van der Waals surface area contributed by atoms with Gasteiger partial charge in [0.2, 0.25) is 0 Å². The minimum absolute atomic E-state index is 0.166. The van der Waals surface area contributed by atoms with Gasteiger partial charge >= 0.3 is 12.1 Å². The van der Waals surface area contributed by atoms with E-state index in [1.54, 1.807) is 0 Å². The molecule has 4 aromatic rings. The lowest BCUT2D eigenvalue weighted by molar-refractivity contribution is -0.192. The van der Waals surface area contributed by atoms with E-state index in [2.05, 4.69) is 33.6 Å². The molecule has 0 aliphatic carbocycles. The maximum atomic E-state index is 10.6. The van der Waals surface area contributed by atoms with Gasteiger partial charge in [-0.2, -0.15) is 23.4 Å². The van der Waals surface area contributed by atoms with Gasteiger partial charge in [-0.25, -0.2) is 9.48 Å². The minimum atomic E-state index is -5.08. The van der Waals surface area contributed by atoms with Crippen molar-refractivity contribution in [3.63, 3.8) is 0 Å². The van der Waals surface area contributed by atoms with Crippen LogP contribution in [0.25, 0.3) is 16.6 Å². The highest BCUT2D eigenvalue weighted by Gasteiger charge is 2.38. The number of rotatable bonds is 5. The summed E-state index contributed by atoms with van der Waals surface area (Å²) in [7, 11) is 0. The van der Waals surface area contributed by atoms with Crippen LogP contribution in [0.5, 0.6) is 0 Å². The second kappa shape index (κ2) is 9.43. The van der Waals surface area contributed by atoms with Crippen molar-refractivity contribution in [2.75, 3.05) is 0 Å². The van der Waals surface area contributed by atoms with Crippen LogP contribution in [0.3, 0.4) is 0 Å². The van der Waals surface area contributed by atoms with Gasteiger partial charge in [-0.1, -0.05) is 36.4 Å². The molecule has 10 heteroatoms. The van der Waals surface area contributed by atoms with E-state index in [0.717, 1.165) is 28.0 Å². The smallest absolute Gasteiger partial charge is 0.475 e. The number of para-hydroxylation sites is 2. The molecular formula is C21H20F3N5O2. The van der Waals surface area contributed by atoms with Crippen molar-refractivity contribution >= 4 is 16.9 Å². The summed E-state index contributed by atoms with van der Waals surface area (Å²) in [6.45, 7) is 2.84. The number of halogens is 3. The van der Waals surface area contributed by atoms with Crippen molar-refractivity contribution in [1.29, 1.82) is 0 Å². The fraction of sp³-hybridized carbons (Fsp3) is 0.190. The van der Waals surface area contributed by atoms with Crippen molar-refractivity contribution in [2.24, 2.45) is 0 Å². The molecule has 1 unspecified atom stereocenters. The van der Waals surface area contributed by atoms with Crippen molar-refractivity contribution in [1.82, 2.24) is 25.3 Å². The van der Waals surface area contributed by atoms with E-state index in [4.69, 9.17) is 9.90 Å². The summed E-state index contributed by atoms with van der Waals surface area (Å²) in [5, 5.41) is 23.9. The first kappa shape index (κ1) is 22.0. The zero-order chi connectivity index (χ0) is 22.4. The Morgan fingerprint density at radius 1 is 1.13 bits per heavy atom. The number of nitrogens with zero attached hydrogens (tertiary/aromatic N) is 3. The molecule has 0 fully saturated rings. The van der Waals surface area contributed by atoms with Crippen LogP contribution in [0, 0.1) is 0 Å². The number of aromatic amines is 1. The number of carboxylic acid groups (broad SMARTS) is 1. The molecule has 31 heavy (non-hydrogen) atoms. The number of benzene rings is 2. The van der Waals surface area contributed by atoms with Crippen LogP contribution in [0.4, 0.5) is 13.2 Å². The zero-order valence-corrected chi connectivity index (χ0v) is 16.5. The number of carboxylic acids is 1. The van der Waals surface area contributed by atoms with E-state index < -0.39 is 12.1 Å². The lowest BCUT2D eigenvalue weighted by Crippen LogP contribution is -2.21. The number of fused-ring (bicyclic) bond motifs is 1. The second-order valence-corrected chi connectivity index (χ2v) is 6.65. The van der Waals surface area contributed by atoms with Crippen molar-refractivity contribution < 1.29 is 23.1 Å². The van der Waals surface area contributed by atoms with Crippen LogP contribution in [0.2, 0.25) is 0 Å². The number of alkyl halides is 3. The molecule has 0 amide bonds. The summed E-state index contributed by atoms with van der Waals surface area (Å²) in [4.78, 5) is 8.90. The van der Waals surface area contributed by atoms with Gasteiger partial charge in [-0.05, 0) is 31.2 Å². The summed E-state index contributed by atoms with van der Waals surface area (Å²) < 4.78 is 33.6. The van der Waals surface area contributed by atoms with E-state index in [0.29, 0.717) is 6.54 Å². The van der Waals surface area contributed by atoms with Gasteiger partial charge in [0.15, 0.2) is 0 Å². The minimum Gasteiger partial charge on any atom is -0.475 e. The number of aliphatic carboxylic acids is 1. The summed E-state index contributed by atoms with van der Waals surface area (Å²) in [5.74, 6) is -2.76. The molecule has 2 heterocycles. The number of hydrogen-bond donors (Lipinski definition) is 3. The van der Waals surface area contributed by atoms with Crippen LogP contribution in [-0.2, 0) is 11.3 Å². The molecule has 2 aromatic heterocycles. The Morgan fingerprint density at radius 2 is 1.77 bits per heavy atom. The highest BCUT2D eigenvalue weighted by atomic mass is 19.4. The number of carbonyl (C=O) groups is 1. The lowest BCUT2D eigenvalue weighted by atomic mass is 10.1. The molecule has 0 spiro atoms. The maximum Gasteiger partial charge on any atom is 0.490 e. The molecule has 3 N–H and O–H groups in total. The van der Waals surface area contributed by atoms with E-state index in [1.165, 1.54) is 0 Å². The Balaban J connectivity index is 0.000000339. The largest absolute Gasteiger partial charge is 0.490 e. The molecule has 162 valence electrons. The van der Waals surface area contributed by atoms with E-state index in [-0.39, 0.29) is 6.04 Å². The van der Waals surface area contributed by atoms with Gasteiger partial charge in [0, 0.05) is 24.2 Å². The van der Waals surface area contributed by atoms with Crippen LogP contribution >= 0.6 is 0 Å². The molecule has 4 rings (SSSR count). The average Bonchev–Trinajstić information content (AvgIpc) is 3.40. The normalized spacial score (nSPS) is 12.3. The molecule has 1 atom stereocenters. The van der Waals surface area contributed by atoms with Gasteiger partial charge < -0.3 is 10.4 Å². The Morgan fingerprint density at radius 3 is 2.45 bits per heavy atom. The Labute approximate surface area is 175 Å². The molecule has 0 aliphatic heterocycles. The van der Waals surface area contributed by atoms with Gasteiger partial charge in [-0.15, -0.1) is 0 Å². The number of aromatic nitrogens is 4. The van der Waals surface area contributed by atoms with E-state index >= 15 is 0 Å². The van der Waals surface area contributed by atoms with Gasteiger partial charge in [0.25, 0.3) is 0 Å². The highest BCUT2D eigenvalue weighted by Crippen LogP contribution is 2.21. The SMILES string of the molecule is CC(NCc1ccn(-c2ccccc2)n1)c1[nH]nc2ccccc12.O=C(O)C(F)(F)F. The summed E-state index contributed by atoms with van der Waals surface area (Å²) in [5.41, 5.74) is 4.17. The molecule has 0 bridgehead atoms.